The van der Waals surface area contributed by atoms with Gasteiger partial charge in [0.1, 0.15) is 6.33 Å². The molecular formula is C21H32N8. The van der Waals surface area contributed by atoms with Crippen LogP contribution in [0.4, 0.5) is 17.5 Å². The Kier molecular flexibility index (Phi) is 6.64. The Morgan fingerprint density at radius 1 is 1.00 bits per heavy atom. The molecule has 3 heterocycles. The van der Waals surface area contributed by atoms with Crippen molar-refractivity contribution in [1.82, 2.24) is 29.4 Å². The van der Waals surface area contributed by atoms with E-state index in [1.807, 2.05) is 12.1 Å². The molecule has 0 bridgehead atoms. The van der Waals surface area contributed by atoms with E-state index in [2.05, 4.69) is 76.6 Å². The molecule has 8 nitrogen and oxygen atoms in total. The van der Waals surface area contributed by atoms with Gasteiger partial charge in [-0.2, -0.15) is 0 Å². The summed E-state index contributed by atoms with van der Waals surface area (Å²) in [6.45, 7) is 14.9. The van der Waals surface area contributed by atoms with Crippen LogP contribution in [0.2, 0.25) is 0 Å². The largest absolute Gasteiger partial charge is 0.367 e. The maximum atomic E-state index is 4.83. The maximum absolute atomic E-state index is 4.83. The van der Waals surface area contributed by atoms with Crippen LogP contribution in [0.5, 0.6) is 0 Å². The molecule has 0 radical (unpaired) electrons. The molecule has 2 N–H and O–H groups in total. The Morgan fingerprint density at radius 3 is 2.31 bits per heavy atom. The van der Waals surface area contributed by atoms with Crippen molar-refractivity contribution in [3.63, 3.8) is 0 Å². The van der Waals surface area contributed by atoms with Gasteiger partial charge in [0.05, 0.1) is 0 Å². The van der Waals surface area contributed by atoms with E-state index in [1.165, 1.54) is 0 Å². The molecule has 3 aromatic heterocycles. The Morgan fingerprint density at radius 2 is 1.69 bits per heavy atom. The predicted octanol–water partition coefficient (Wildman–Crippen LogP) is 4.08. The second kappa shape index (κ2) is 9.17. The molecular weight excluding hydrogens is 364 g/mol. The number of rotatable bonds is 9. The molecule has 3 rings (SSSR count). The lowest BCUT2D eigenvalue weighted by molar-refractivity contribution is 0.182. The first-order valence-electron chi connectivity index (χ1n) is 10.3. The number of fused-ring (bicyclic) bond motifs is 1. The molecule has 0 aliphatic heterocycles. The van der Waals surface area contributed by atoms with Crippen LogP contribution in [-0.2, 0) is 0 Å². The first kappa shape index (κ1) is 21.0. The van der Waals surface area contributed by atoms with Gasteiger partial charge >= 0.3 is 0 Å². The van der Waals surface area contributed by atoms with Crippen molar-refractivity contribution < 1.29 is 0 Å². The van der Waals surface area contributed by atoms with Crippen LogP contribution in [0, 0.1) is 0 Å². The summed E-state index contributed by atoms with van der Waals surface area (Å²) in [6.07, 6.45) is 5.11. The number of imidazole rings is 1. The Labute approximate surface area is 172 Å². The highest BCUT2D eigenvalue weighted by Crippen LogP contribution is 2.28. The topological polar surface area (TPSA) is 83.8 Å². The zero-order chi connectivity index (χ0) is 21.0. The van der Waals surface area contributed by atoms with Crippen molar-refractivity contribution >= 4 is 28.6 Å². The van der Waals surface area contributed by atoms with Gasteiger partial charge in [0.2, 0.25) is 5.95 Å². The van der Waals surface area contributed by atoms with Crippen LogP contribution in [0.25, 0.3) is 11.2 Å². The van der Waals surface area contributed by atoms with Gasteiger partial charge in [-0.25, -0.2) is 15.0 Å². The molecule has 0 aliphatic carbocycles. The molecule has 3 aromatic rings. The number of pyridine rings is 1. The second-order valence-electron chi connectivity index (χ2n) is 8.01. The minimum Gasteiger partial charge on any atom is -0.367 e. The monoisotopic (exact) mass is 396 g/mol. The number of hydrogen-bond donors (Lipinski definition) is 2. The van der Waals surface area contributed by atoms with Gasteiger partial charge in [-0.15, -0.1) is 0 Å². The van der Waals surface area contributed by atoms with Gasteiger partial charge in [-0.1, -0.05) is 0 Å². The molecule has 0 aromatic carbocycles. The van der Waals surface area contributed by atoms with Gasteiger partial charge in [0.25, 0.3) is 0 Å². The van der Waals surface area contributed by atoms with Crippen LogP contribution in [0.1, 0.15) is 47.6 Å². The van der Waals surface area contributed by atoms with Crippen molar-refractivity contribution in [1.29, 1.82) is 0 Å². The van der Waals surface area contributed by atoms with Crippen LogP contribution in [0.3, 0.4) is 0 Å². The quantitative estimate of drug-likeness (QED) is 0.564. The first-order valence-corrected chi connectivity index (χ1v) is 10.3. The molecule has 29 heavy (non-hydrogen) atoms. The SMILES string of the molecule is CC(C)N(CCNc1ncnc2c1nc(Nc1ccncc1)n2C(C)C)C(C)C. The first-order chi connectivity index (χ1) is 13.9. The van der Waals surface area contributed by atoms with Gasteiger partial charge < -0.3 is 10.6 Å². The van der Waals surface area contributed by atoms with Crippen LogP contribution in [-0.4, -0.2) is 54.6 Å². The average Bonchev–Trinajstić information content (AvgIpc) is 3.04. The van der Waals surface area contributed by atoms with Gasteiger partial charge in [-0.3, -0.25) is 14.5 Å². The normalized spacial score (nSPS) is 11.9. The molecule has 0 atom stereocenters. The standard InChI is InChI=1S/C21H32N8/c1-14(2)28(15(3)4)12-11-23-19-18-20(25-13-24-19)29(16(5)6)21(27-18)26-17-7-9-22-10-8-17/h7-10,13-16H,11-12H2,1-6H3,(H,22,26,27)(H,23,24,25). The van der Waals surface area contributed by atoms with E-state index in [1.54, 1.807) is 18.7 Å². The van der Waals surface area contributed by atoms with Crippen molar-refractivity contribution in [2.75, 3.05) is 23.7 Å². The van der Waals surface area contributed by atoms with E-state index < -0.39 is 0 Å². The minimum atomic E-state index is 0.199. The summed E-state index contributed by atoms with van der Waals surface area (Å²) in [7, 11) is 0. The molecule has 0 fully saturated rings. The Bertz CT molecular complexity index is 909. The smallest absolute Gasteiger partial charge is 0.210 e. The predicted molar refractivity (Wildman–Crippen MR) is 119 cm³/mol. The highest BCUT2D eigenvalue weighted by molar-refractivity contribution is 5.86. The molecule has 0 spiro atoms. The fraction of sp³-hybridized carbons (Fsp3) is 0.524. The number of nitrogens with zero attached hydrogens (tertiary/aromatic N) is 6. The summed E-state index contributed by atoms with van der Waals surface area (Å²) >= 11 is 0. The average molecular weight is 397 g/mol. The third kappa shape index (κ3) is 4.82. The highest BCUT2D eigenvalue weighted by atomic mass is 15.3. The molecule has 0 saturated carbocycles. The molecule has 0 aliphatic rings. The second-order valence-corrected chi connectivity index (χ2v) is 8.01. The molecule has 156 valence electrons. The van der Waals surface area contributed by atoms with Crippen LogP contribution >= 0.6 is 0 Å². The van der Waals surface area contributed by atoms with E-state index in [0.717, 1.165) is 41.7 Å². The summed E-state index contributed by atoms with van der Waals surface area (Å²) in [5, 5.41) is 6.85. The molecule has 0 saturated heterocycles. The van der Waals surface area contributed by atoms with E-state index in [-0.39, 0.29) is 6.04 Å². The van der Waals surface area contributed by atoms with E-state index >= 15 is 0 Å². The van der Waals surface area contributed by atoms with E-state index in [0.29, 0.717) is 12.1 Å². The summed E-state index contributed by atoms with van der Waals surface area (Å²) in [5.74, 6) is 1.51. The number of anilines is 3. The lowest BCUT2D eigenvalue weighted by Gasteiger charge is -2.30. The summed E-state index contributed by atoms with van der Waals surface area (Å²) < 4.78 is 2.09. The van der Waals surface area contributed by atoms with Crippen molar-refractivity contribution in [2.45, 2.75) is 59.7 Å². The Hall–Kier alpha value is -2.74. The van der Waals surface area contributed by atoms with E-state index in [9.17, 15) is 0 Å². The van der Waals surface area contributed by atoms with Crippen molar-refractivity contribution in [2.24, 2.45) is 0 Å². The van der Waals surface area contributed by atoms with Gasteiger partial charge in [-0.05, 0) is 53.7 Å². The molecule has 8 heteroatoms. The minimum absolute atomic E-state index is 0.199. The number of nitrogens with one attached hydrogen (secondary N) is 2. The fourth-order valence-electron chi connectivity index (χ4n) is 3.60. The van der Waals surface area contributed by atoms with Crippen molar-refractivity contribution in [3.8, 4) is 0 Å². The van der Waals surface area contributed by atoms with Crippen LogP contribution < -0.4 is 10.6 Å². The van der Waals surface area contributed by atoms with Gasteiger partial charge in [0, 0.05) is 49.3 Å². The molecule has 0 amide bonds. The summed E-state index contributed by atoms with van der Waals surface area (Å²) in [5.41, 5.74) is 2.53. The van der Waals surface area contributed by atoms with Crippen LogP contribution in [0.15, 0.2) is 30.9 Å². The van der Waals surface area contributed by atoms with E-state index in [4.69, 9.17) is 4.98 Å². The third-order valence-electron chi connectivity index (χ3n) is 4.92. The Balaban J connectivity index is 1.87. The zero-order valence-electron chi connectivity index (χ0n) is 18.2. The third-order valence-corrected chi connectivity index (χ3v) is 4.92. The fourth-order valence-corrected chi connectivity index (χ4v) is 3.60. The lowest BCUT2D eigenvalue weighted by Crippen LogP contribution is -2.40. The highest BCUT2D eigenvalue weighted by Gasteiger charge is 2.19. The number of aromatic nitrogens is 5. The molecule has 0 unspecified atom stereocenters. The lowest BCUT2D eigenvalue weighted by atomic mass is 10.2. The maximum Gasteiger partial charge on any atom is 0.210 e. The number of hydrogen-bond acceptors (Lipinski definition) is 7. The van der Waals surface area contributed by atoms with Crippen molar-refractivity contribution in [3.05, 3.63) is 30.9 Å². The summed E-state index contributed by atoms with van der Waals surface area (Å²) in [6, 6.07) is 5.03. The summed E-state index contributed by atoms with van der Waals surface area (Å²) in [4.78, 5) is 20.3. The zero-order valence-corrected chi connectivity index (χ0v) is 18.2. The van der Waals surface area contributed by atoms with Gasteiger partial charge in [0.15, 0.2) is 17.0 Å².